The minimum atomic E-state index is -4.10. The molecule has 1 amide bonds. The number of amides is 1. The normalized spacial score (nSPS) is 12.5. The van der Waals surface area contributed by atoms with Gasteiger partial charge in [-0.1, -0.05) is 41.9 Å². The number of pyridine rings is 1. The number of fused-ring (bicyclic) bond motifs is 1. The number of halogens is 1. The zero-order valence-electron chi connectivity index (χ0n) is 17.2. The van der Waals surface area contributed by atoms with Crippen molar-refractivity contribution in [2.24, 2.45) is 0 Å². The highest BCUT2D eigenvalue weighted by atomic mass is 35.5. The molecular weight excluding hydrogens is 468 g/mol. The van der Waals surface area contributed by atoms with Gasteiger partial charge in [0, 0.05) is 18.3 Å². The second kappa shape index (κ2) is 8.85. The molecule has 7 nitrogen and oxygen atoms in total. The van der Waals surface area contributed by atoms with Crippen molar-refractivity contribution in [3.63, 3.8) is 0 Å². The molecule has 4 rings (SSSR count). The Morgan fingerprint density at radius 3 is 2.66 bits per heavy atom. The maximum absolute atomic E-state index is 13.3. The number of hydrogen-bond acceptors (Lipinski definition) is 6. The summed E-state index contributed by atoms with van der Waals surface area (Å²) >= 11 is 7.30. The Bertz CT molecular complexity index is 1390. The third-order valence-corrected chi connectivity index (χ3v) is 7.46. The summed E-state index contributed by atoms with van der Waals surface area (Å²) in [6, 6.07) is 15.5. The highest BCUT2D eigenvalue weighted by molar-refractivity contribution is 7.92. The van der Waals surface area contributed by atoms with Gasteiger partial charge in [0.05, 0.1) is 33.6 Å². The molecule has 164 valence electrons. The molecule has 2 aromatic heterocycles. The van der Waals surface area contributed by atoms with Crippen LogP contribution in [0.1, 0.15) is 28.9 Å². The van der Waals surface area contributed by atoms with Crippen LogP contribution in [-0.2, 0) is 10.0 Å². The Labute approximate surface area is 194 Å². The number of sulfonamides is 1. The molecule has 0 aliphatic heterocycles. The molecule has 0 spiro atoms. The van der Waals surface area contributed by atoms with Crippen molar-refractivity contribution in [3.05, 3.63) is 83.1 Å². The van der Waals surface area contributed by atoms with Gasteiger partial charge in [0.25, 0.3) is 15.9 Å². The lowest BCUT2D eigenvalue weighted by Crippen LogP contribution is -2.30. The summed E-state index contributed by atoms with van der Waals surface area (Å²) in [6.45, 7) is 1.90. The highest BCUT2D eigenvalue weighted by Crippen LogP contribution is 2.30. The van der Waals surface area contributed by atoms with Crippen molar-refractivity contribution in [2.75, 3.05) is 11.8 Å². The fraction of sp³-hybridized carbons (Fsp3) is 0.136. The molecule has 0 saturated carbocycles. The van der Waals surface area contributed by atoms with E-state index < -0.39 is 10.0 Å². The molecule has 1 atom stereocenters. The lowest BCUT2D eigenvalue weighted by Gasteiger charge is -2.26. The van der Waals surface area contributed by atoms with E-state index in [1.165, 1.54) is 36.1 Å². The minimum absolute atomic E-state index is 0.0802. The maximum Gasteiger partial charge on any atom is 0.280 e. The van der Waals surface area contributed by atoms with Gasteiger partial charge in [-0.2, -0.15) is 12.8 Å². The van der Waals surface area contributed by atoms with Gasteiger partial charge in [-0.3, -0.25) is 9.52 Å². The summed E-state index contributed by atoms with van der Waals surface area (Å²) in [7, 11) is -2.43. The fourth-order valence-electron chi connectivity index (χ4n) is 3.29. The van der Waals surface area contributed by atoms with Gasteiger partial charge < -0.3 is 4.90 Å². The van der Waals surface area contributed by atoms with Gasteiger partial charge in [0.2, 0.25) is 0 Å². The monoisotopic (exact) mass is 486 g/mol. The van der Waals surface area contributed by atoms with Crippen LogP contribution >= 0.6 is 23.1 Å². The summed E-state index contributed by atoms with van der Waals surface area (Å²) in [5.74, 6) is -0.348. The number of nitrogens with zero attached hydrogens (tertiary/aromatic N) is 3. The van der Waals surface area contributed by atoms with Gasteiger partial charge in [0.1, 0.15) is 0 Å². The first-order valence-corrected chi connectivity index (χ1v) is 12.3. The Morgan fingerprint density at radius 2 is 1.91 bits per heavy atom. The molecule has 0 aliphatic carbocycles. The topological polar surface area (TPSA) is 92.3 Å². The molecule has 32 heavy (non-hydrogen) atoms. The number of carbonyl (C=O) groups excluding carboxylic acids is 1. The Kier molecular flexibility index (Phi) is 6.14. The van der Waals surface area contributed by atoms with Gasteiger partial charge >= 0.3 is 0 Å². The number of nitrogens with one attached hydrogen (secondary N) is 1. The molecule has 1 N–H and O–H groups in total. The molecule has 1 unspecified atom stereocenters. The summed E-state index contributed by atoms with van der Waals surface area (Å²) in [6.07, 6.45) is 2.87. The first kappa shape index (κ1) is 22.2. The molecule has 0 bridgehead atoms. The van der Waals surface area contributed by atoms with E-state index in [0.717, 1.165) is 5.56 Å². The maximum atomic E-state index is 13.3. The lowest BCUT2D eigenvalue weighted by atomic mass is 10.1. The zero-order chi connectivity index (χ0) is 22.9. The number of benzene rings is 2. The highest BCUT2D eigenvalue weighted by Gasteiger charge is 2.26. The van der Waals surface area contributed by atoms with Crippen LogP contribution in [0.3, 0.4) is 0 Å². The smallest absolute Gasteiger partial charge is 0.280 e. The lowest BCUT2D eigenvalue weighted by molar-refractivity contribution is 0.0743. The van der Waals surface area contributed by atoms with E-state index in [9.17, 15) is 13.2 Å². The molecule has 0 radical (unpaired) electrons. The molecule has 2 heterocycles. The molecular formula is C22H19ClN4O3S2. The zero-order valence-corrected chi connectivity index (χ0v) is 19.6. The van der Waals surface area contributed by atoms with Crippen molar-refractivity contribution in [1.82, 2.24) is 14.3 Å². The van der Waals surface area contributed by atoms with E-state index in [1.807, 2.05) is 37.3 Å². The van der Waals surface area contributed by atoms with Crippen molar-refractivity contribution in [1.29, 1.82) is 0 Å². The van der Waals surface area contributed by atoms with Crippen LogP contribution in [-0.4, -0.2) is 35.6 Å². The summed E-state index contributed by atoms with van der Waals surface area (Å²) < 4.78 is 33.6. The third kappa shape index (κ3) is 4.32. The van der Waals surface area contributed by atoms with Crippen molar-refractivity contribution < 1.29 is 13.2 Å². The Balaban J connectivity index is 1.69. The van der Waals surface area contributed by atoms with Crippen LogP contribution in [0.25, 0.3) is 10.1 Å². The van der Waals surface area contributed by atoms with Gasteiger partial charge in [-0.25, -0.2) is 4.98 Å². The van der Waals surface area contributed by atoms with Crippen molar-refractivity contribution in [3.8, 4) is 0 Å². The molecule has 2 aromatic carbocycles. The minimum Gasteiger partial charge on any atom is -0.335 e. The van der Waals surface area contributed by atoms with E-state index in [4.69, 9.17) is 11.6 Å². The van der Waals surface area contributed by atoms with Crippen LogP contribution in [0.5, 0.6) is 0 Å². The number of hydrogen-bond donors (Lipinski definition) is 1. The summed E-state index contributed by atoms with van der Waals surface area (Å²) in [5, 5.41) is 0.546. The van der Waals surface area contributed by atoms with Crippen LogP contribution < -0.4 is 4.72 Å². The fourth-order valence-corrected chi connectivity index (χ4v) is 5.37. The predicted octanol–water partition coefficient (Wildman–Crippen LogP) is 4.98. The average Bonchev–Trinajstić information content (AvgIpc) is 3.27. The van der Waals surface area contributed by atoms with Crippen molar-refractivity contribution in [2.45, 2.75) is 18.0 Å². The second-order valence-corrected chi connectivity index (χ2v) is 10.0. The molecule has 10 heteroatoms. The molecule has 4 aromatic rings. The molecule has 0 fully saturated rings. The second-order valence-electron chi connectivity index (χ2n) is 7.15. The Morgan fingerprint density at radius 1 is 1.16 bits per heavy atom. The number of rotatable bonds is 6. The number of aromatic nitrogens is 2. The first-order valence-electron chi connectivity index (χ1n) is 9.62. The van der Waals surface area contributed by atoms with Gasteiger partial charge in [0.15, 0.2) is 5.03 Å². The average molecular weight is 487 g/mol. The first-order chi connectivity index (χ1) is 15.3. The number of anilines is 1. The van der Waals surface area contributed by atoms with Crippen LogP contribution in [0.2, 0.25) is 5.02 Å². The van der Waals surface area contributed by atoms with E-state index >= 15 is 0 Å². The van der Waals surface area contributed by atoms with Gasteiger partial charge in [-0.05, 0) is 48.3 Å². The molecule has 0 saturated heterocycles. The van der Waals surface area contributed by atoms with E-state index in [2.05, 4.69) is 14.1 Å². The third-order valence-electron chi connectivity index (χ3n) is 5.14. The summed E-state index contributed by atoms with van der Waals surface area (Å²) in [5.41, 5.74) is 1.22. The van der Waals surface area contributed by atoms with Gasteiger partial charge in [-0.15, -0.1) is 0 Å². The van der Waals surface area contributed by atoms with E-state index in [0.29, 0.717) is 15.1 Å². The summed E-state index contributed by atoms with van der Waals surface area (Å²) in [4.78, 5) is 18.9. The largest absolute Gasteiger partial charge is 0.335 e. The quantitative estimate of drug-likeness (QED) is 0.415. The predicted molar refractivity (Wildman–Crippen MR) is 127 cm³/mol. The van der Waals surface area contributed by atoms with E-state index in [1.54, 1.807) is 24.1 Å². The van der Waals surface area contributed by atoms with Crippen molar-refractivity contribution >= 4 is 54.8 Å². The Hall–Kier alpha value is -3.01. The van der Waals surface area contributed by atoms with Crippen LogP contribution in [0, 0.1) is 0 Å². The van der Waals surface area contributed by atoms with Crippen LogP contribution in [0.15, 0.2) is 72.0 Å². The number of carbonyl (C=O) groups is 1. The standard InChI is InChI=1S/C22H19ClN4O3S2/c1-14(15-6-4-3-5-7-15)27(2)22(28)17-9-8-16(23)12-19(17)26-32(29,30)21-18-13-25-31-20(18)10-11-24-21/h3-14,26H,1-2H3. The molecule has 0 aliphatic rings. The van der Waals surface area contributed by atoms with E-state index in [-0.39, 0.29) is 28.2 Å². The SMILES string of the molecule is CC(c1ccccc1)N(C)C(=O)c1ccc(Cl)cc1NS(=O)(=O)c1nccc2sncc12. The van der Waals surface area contributed by atoms with Crippen LogP contribution in [0.4, 0.5) is 5.69 Å².